The first-order chi connectivity index (χ1) is 7.31. The number of sulfonamides is 1. The number of hydrogen-bond donors (Lipinski definition) is 1. The van der Waals surface area contributed by atoms with Crippen molar-refractivity contribution >= 4 is 21.6 Å². The first kappa shape index (κ1) is 13.5. The summed E-state index contributed by atoms with van der Waals surface area (Å²) >= 11 is 6.06. The third-order valence-electron chi connectivity index (χ3n) is 2.25. The Balaban J connectivity index is 3.09. The number of nitrogens with one attached hydrogen (secondary N) is 1. The van der Waals surface area contributed by atoms with Gasteiger partial charge in [-0.25, -0.2) is 13.1 Å². The van der Waals surface area contributed by atoms with E-state index in [4.69, 9.17) is 11.6 Å². The Morgan fingerprint density at radius 2 is 1.81 bits per heavy atom. The average molecular weight is 262 g/mol. The molecule has 3 nitrogen and oxygen atoms in total. The maximum absolute atomic E-state index is 11.3. The van der Waals surface area contributed by atoms with E-state index < -0.39 is 10.0 Å². The lowest BCUT2D eigenvalue weighted by Gasteiger charge is -2.22. The van der Waals surface area contributed by atoms with Crippen LogP contribution in [0.4, 0.5) is 0 Å². The largest absolute Gasteiger partial charge is 0.213 e. The van der Waals surface area contributed by atoms with Gasteiger partial charge in [0, 0.05) is 5.02 Å². The van der Waals surface area contributed by atoms with E-state index in [1.54, 1.807) is 6.07 Å². The Morgan fingerprint density at radius 1 is 1.25 bits per heavy atom. The minimum absolute atomic E-state index is 0.134. The van der Waals surface area contributed by atoms with Gasteiger partial charge >= 0.3 is 0 Å². The third kappa shape index (κ3) is 3.77. The molecule has 1 N–H and O–H groups in total. The Morgan fingerprint density at radius 3 is 2.25 bits per heavy atom. The summed E-state index contributed by atoms with van der Waals surface area (Å²) in [5, 5.41) is 0.581. The summed E-state index contributed by atoms with van der Waals surface area (Å²) in [6, 6.07) is 6.98. The van der Waals surface area contributed by atoms with Crippen LogP contribution >= 0.6 is 11.6 Å². The number of hydrogen-bond acceptors (Lipinski definition) is 2. The van der Waals surface area contributed by atoms with Crippen molar-refractivity contribution in [2.45, 2.75) is 19.9 Å². The molecule has 0 fully saturated rings. The molecule has 5 heteroatoms. The number of benzene rings is 1. The molecule has 0 aromatic heterocycles. The van der Waals surface area contributed by atoms with Gasteiger partial charge in [0.15, 0.2) is 0 Å². The molecule has 0 saturated heterocycles. The van der Waals surface area contributed by atoms with Crippen molar-refractivity contribution in [3.63, 3.8) is 0 Å². The van der Waals surface area contributed by atoms with E-state index in [1.165, 1.54) is 0 Å². The predicted molar refractivity (Wildman–Crippen MR) is 67.0 cm³/mol. The van der Waals surface area contributed by atoms with Crippen molar-refractivity contribution in [3.8, 4) is 0 Å². The first-order valence-corrected chi connectivity index (χ1v) is 7.30. The van der Waals surface area contributed by atoms with E-state index in [-0.39, 0.29) is 12.0 Å². The van der Waals surface area contributed by atoms with Crippen molar-refractivity contribution in [2.75, 3.05) is 6.26 Å². The molecule has 0 radical (unpaired) electrons. The molecule has 0 heterocycles. The highest BCUT2D eigenvalue weighted by molar-refractivity contribution is 7.88. The third-order valence-corrected chi connectivity index (χ3v) is 3.27. The second kappa shape index (κ2) is 5.17. The second-order valence-electron chi connectivity index (χ2n) is 4.13. The molecule has 1 atom stereocenters. The summed E-state index contributed by atoms with van der Waals surface area (Å²) in [5.74, 6) is 0.134. The van der Waals surface area contributed by atoms with E-state index in [9.17, 15) is 8.42 Å². The van der Waals surface area contributed by atoms with Gasteiger partial charge in [-0.05, 0) is 17.5 Å². The lowest BCUT2D eigenvalue weighted by atomic mass is 9.97. The minimum Gasteiger partial charge on any atom is -0.213 e. The van der Waals surface area contributed by atoms with E-state index in [0.717, 1.165) is 11.8 Å². The summed E-state index contributed by atoms with van der Waals surface area (Å²) in [6.45, 7) is 3.90. The number of halogens is 1. The van der Waals surface area contributed by atoms with Crippen molar-refractivity contribution in [3.05, 3.63) is 34.9 Å². The van der Waals surface area contributed by atoms with Crippen LogP contribution < -0.4 is 4.72 Å². The molecular weight excluding hydrogens is 246 g/mol. The minimum atomic E-state index is -3.24. The highest BCUT2D eigenvalue weighted by Crippen LogP contribution is 2.28. The molecule has 1 rings (SSSR count). The van der Waals surface area contributed by atoms with Crippen molar-refractivity contribution in [2.24, 2.45) is 5.92 Å². The van der Waals surface area contributed by atoms with Gasteiger partial charge in [-0.1, -0.05) is 43.6 Å². The molecular formula is C11H16ClNO2S. The summed E-state index contributed by atoms with van der Waals surface area (Å²) in [6.07, 6.45) is 1.15. The van der Waals surface area contributed by atoms with Gasteiger partial charge in [-0.3, -0.25) is 0 Å². The topological polar surface area (TPSA) is 46.2 Å². The highest BCUT2D eigenvalue weighted by atomic mass is 35.5. The molecule has 0 aliphatic carbocycles. The maximum Gasteiger partial charge on any atom is 0.209 e. The fourth-order valence-electron chi connectivity index (χ4n) is 1.52. The Kier molecular flexibility index (Phi) is 4.35. The average Bonchev–Trinajstić information content (AvgIpc) is 2.13. The molecule has 0 saturated carbocycles. The van der Waals surface area contributed by atoms with Gasteiger partial charge < -0.3 is 0 Å². The highest BCUT2D eigenvalue weighted by Gasteiger charge is 2.21. The Labute approximate surface area is 102 Å². The fraction of sp³-hybridized carbons (Fsp3) is 0.455. The molecule has 1 unspecified atom stereocenters. The zero-order valence-electron chi connectivity index (χ0n) is 9.57. The number of rotatable bonds is 4. The van der Waals surface area contributed by atoms with Crippen LogP contribution in [0.25, 0.3) is 0 Å². The summed E-state index contributed by atoms with van der Waals surface area (Å²) in [5.41, 5.74) is 0.810. The van der Waals surface area contributed by atoms with E-state index >= 15 is 0 Å². The summed E-state index contributed by atoms with van der Waals surface area (Å²) in [4.78, 5) is 0. The smallest absolute Gasteiger partial charge is 0.209 e. The molecule has 0 bridgehead atoms. The standard InChI is InChI=1S/C11H16ClNO2S/c1-8(2)11(13-16(3,14)15)9-6-4-5-7-10(9)12/h4-8,11,13H,1-3H3. The molecule has 0 aliphatic rings. The molecule has 1 aromatic carbocycles. The van der Waals surface area contributed by atoms with Crippen LogP contribution in [0.2, 0.25) is 5.02 Å². The normalized spacial score (nSPS) is 14.1. The van der Waals surface area contributed by atoms with Gasteiger partial charge in [-0.15, -0.1) is 0 Å². The van der Waals surface area contributed by atoms with Crippen molar-refractivity contribution in [1.29, 1.82) is 0 Å². The molecule has 0 amide bonds. The molecule has 0 aliphatic heterocycles. The second-order valence-corrected chi connectivity index (χ2v) is 6.32. The van der Waals surface area contributed by atoms with Crippen LogP contribution in [0.1, 0.15) is 25.5 Å². The maximum atomic E-state index is 11.3. The van der Waals surface area contributed by atoms with Gasteiger partial charge in [0.25, 0.3) is 0 Å². The Bertz CT molecular complexity index is 457. The lowest BCUT2D eigenvalue weighted by Crippen LogP contribution is -2.31. The molecule has 0 spiro atoms. The fourth-order valence-corrected chi connectivity index (χ4v) is 2.63. The van der Waals surface area contributed by atoms with Crippen LogP contribution in [-0.4, -0.2) is 14.7 Å². The van der Waals surface area contributed by atoms with Gasteiger partial charge in [-0.2, -0.15) is 0 Å². The zero-order valence-corrected chi connectivity index (χ0v) is 11.1. The van der Waals surface area contributed by atoms with Crippen LogP contribution in [-0.2, 0) is 10.0 Å². The van der Waals surface area contributed by atoms with Crippen LogP contribution in [0.5, 0.6) is 0 Å². The van der Waals surface area contributed by atoms with E-state index in [2.05, 4.69) is 4.72 Å². The van der Waals surface area contributed by atoms with Crippen LogP contribution in [0, 0.1) is 5.92 Å². The van der Waals surface area contributed by atoms with Crippen LogP contribution in [0.3, 0.4) is 0 Å². The van der Waals surface area contributed by atoms with Crippen LogP contribution in [0.15, 0.2) is 24.3 Å². The zero-order chi connectivity index (χ0) is 12.3. The quantitative estimate of drug-likeness (QED) is 0.906. The van der Waals surface area contributed by atoms with Crippen molar-refractivity contribution in [1.82, 2.24) is 4.72 Å². The van der Waals surface area contributed by atoms with Gasteiger partial charge in [0.1, 0.15) is 0 Å². The first-order valence-electron chi connectivity index (χ1n) is 5.03. The van der Waals surface area contributed by atoms with Crippen molar-refractivity contribution < 1.29 is 8.42 Å². The molecule has 16 heavy (non-hydrogen) atoms. The van der Waals surface area contributed by atoms with Gasteiger partial charge in [0.05, 0.1) is 12.3 Å². The summed E-state index contributed by atoms with van der Waals surface area (Å²) < 4.78 is 25.2. The molecule has 1 aromatic rings. The van der Waals surface area contributed by atoms with Gasteiger partial charge in [0.2, 0.25) is 10.0 Å². The lowest BCUT2D eigenvalue weighted by molar-refractivity contribution is 0.465. The Hall–Kier alpha value is -0.580. The predicted octanol–water partition coefficient (Wildman–Crippen LogP) is 2.59. The van der Waals surface area contributed by atoms with E-state index in [0.29, 0.717) is 5.02 Å². The summed E-state index contributed by atoms with van der Waals surface area (Å²) in [7, 11) is -3.24. The SMILES string of the molecule is CC(C)C(NS(C)(=O)=O)c1ccccc1Cl. The monoisotopic (exact) mass is 261 g/mol. The molecule has 90 valence electrons. The van der Waals surface area contributed by atoms with E-state index in [1.807, 2.05) is 32.0 Å².